The van der Waals surface area contributed by atoms with Crippen LogP contribution in [-0.4, -0.2) is 15.7 Å². The first-order valence-corrected chi connectivity index (χ1v) is 8.49. The highest BCUT2D eigenvalue weighted by atomic mass is 35.5. The third kappa shape index (κ3) is 3.98. The molecule has 28 heavy (non-hydrogen) atoms. The van der Waals surface area contributed by atoms with E-state index in [0.717, 1.165) is 16.9 Å². The Labute approximate surface area is 166 Å². The quantitative estimate of drug-likeness (QED) is 0.420. The number of anilines is 1. The molecular formula is C18H11Cl2F4N3O. The SMILES string of the molecule is Cn1cc(C(=O)Nc2ccccc2-c2cc(F)c(Cl)c(Cl)c2)c(C(F)(F)F)n1. The average Bonchev–Trinajstić information content (AvgIpc) is 3.02. The van der Waals surface area contributed by atoms with Crippen molar-refractivity contribution in [2.24, 2.45) is 7.05 Å². The molecule has 1 N–H and O–H groups in total. The van der Waals surface area contributed by atoms with Crippen molar-refractivity contribution in [3.8, 4) is 11.1 Å². The minimum absolute atomic E-state index is 0.0376. The molecule has 0 saturated carbocycles. The predicted octanol–water partition coefficient (Wildman–Crippen LogP) is 5.80. The van der Waals surface area contributed by atoms with Crippen LogP contribution < -0.4 is 5.32 Å². The Morgan fingerprint density at radius 3 is 2.50 bits per heavy atom. The van der Waals surface area contributed by atoms with Gasteiger partial charge in [-0.3, -0.25) is 9.48 Å². The second-order valence-corrected chi connectivity index (χ2v) is 6.60. The lowest BCUT2D eigenvalue weighted by atomic mass is 10.0. The van der Waals surface area contributed by atoms with E-state index in [1.807, 2.05) is 0 Å². The molecule has 1 aromatic heterocycles. The summed E-state index contributed by atoms with van der Waals surface area (Å²) in [7, 11) is 1.28. The summed E-state index contributed by atoms with van der Waals surface area (Å²) < 4.78 is 54.2. The number of carbonyl (C=O) groups is 1. The molecule has 0 unspecified atom stereocenters. The number of para-hydroxylation sites is 1. The molecule has 10 heteroatoms. The van der Waals surface area contributed by atoms with Crippen LogP contribution in [0.4, 0.5) is 23.2 Å². The molecule has 0 saturated heterocycles. The standard InChI is InChI=1S/C18H11Cl2F4N3O/c1-27-8-11(16(26-27)18(22,23)24)17(28)25-14-5-3-2-4-10(14)9-6-12(19)15(20)13(21)7-9/h2-8H,1H3,(H,25,28). The van der Waals surface area contributed by atoms with Gasteiger partial charge >= 0.3 is 6.18 Å². The van der Waals surface area contributed by atoms with Gasteiger partial charge < -0.3 is 5.32 Å². The molecule has 0 radical (unpaired) electrons. The first-order valence-electron chi connectivity index (χ1n) is 7.74. The maximum absolute atomic E-state index is 13.9. The number of benzene rings is 2. The Balaban J connectivity index is 2.01. The number of nitrogens with zero attached hydrogens (tertiary/aromatic N) is 2. The number of carbonyl (C=O) groups excluding carboxylic acids is 1. The summed E-state index contributed by atoms with van der Waals surface area (Å²) in [6.45, 7) is 0. The van der Waals surface area contributed by atoms with Gasteiger partial charge in [-0.1, -0.05) is 41.4 Å². The van der Waals surface area contributed by atoms with Gasteiger partial charge in [0.1, 0.15) is 5.82 Å². The monoisotopic (exact) mass is 431 g/mol. The molecule has 3 rings (SSSR count). The lowest BCUT2D eigenvalue weighted by molar-refractivity contribution is -0.141. The zero-order chi connectivity index (χ0) is 20.6. The van der Waals surface area contributed by atoms with Gasteiger partial charge in [-0.15, -0.1) is 0 Å². The fraction of sp³-hybridized carbons (Fsp3) is 0.111. The summed E-state index contributed by atoms with van der Waals surface area (Å²) in [5, 5.41) is 5.43. The Kier molecular flexibility index (Phi) is 5.36. The lowest BCUT2D eigenvalue weighted by Gasteiger charge is -2.13. The van der Waals surface area contributed by atoms with Gasteiger partial charge in [0.25, 0.3) is 5.91 Å². The van der Waals surface area contributed by atoms with Crippen LogP contribution in [0, 0.1) is 5.82 Å². The van der Waals surface area contributed by atoms with Crippen molar-refractivity contribution < 1.29 is 22.4 Å². The maximum Gasteiger partial charge on any atom is 0.435 e. The van der Waals surface area contributed by atoms with Crippen LogP contribution >= 0.6 is 23.2 Å². The van der Waals surface area contributed by atoms with Gasteiger partial charge in [0.15, 0.2) is 5.69 Å². The van der Waals surface area contributed by atoms with Crippen LogP contribution in [-0.2, 0) is 13.2 Å². The lowest BCUT2D eigenvalue weighted by Crippen LogP contribution is -2.18. The number of rotatable bonds is 3. The van der Waals surface area contributed by atoms with E-state index < -0.39 is 29.2 Å². The van der Waals surface area contributed by atoms with E-state index in [-0.39, 0.29) is 15.7 Å². The van der Waals surface area contributed by atoms with Gasteiger partial charge in [0, 0.05) is 24.5 Å². The molecule has 0 fully saturated rings. The van der Waals surface area contributed by atoms with Crippen molar-refractivity contribution in [1.29, 1.82) is 0 Å². The fourth-order valence-electron chi connectivity index (χ4n) is 2.61. The summed E-state index contributed by atoms with van der Waals surface area (Å²) in [6.07, 6.45) is -3.82. The minimum Gasteiger partial charge on any atom is -0.321 e. The molecule has 146 valence electrons. The van der Waals surface area contributed by atoms with Crippen molar-refractivity contribution in [3.63, 3.8) is 0 Å². The summed E-state index contributed by atoms with van der Waals surface area (Å²) in [5.41, 5.74) is -1.12. The highest BCUT2D eigenvalue weighted by Crippen LogP contribution is 2.35. The smallest absolute Gasteiger partial charge is 0.321 e. The van der Waals surface area contributed by atoms with Gasteiger partial charge in [-0.25, -0.2) is 4.39 Å². The molecule has 0 aliphatic rings. The highest BCUT2D eigenvalue weighted by Gasteiger charge is 2.39. The third-order valence-corrected chi connectivity index (χ3v) is 4.59. The van der Waals surface area contributed by atoms with E-state index in [0.29, 0.717) is 11.1 Å². The van der Waals surface area contributed by atoms with Crippen molar-refractivity contribution in [3.05, 3.63) is 69.7 Å². The Hall–Kier alpha value is -2.58. The van der Waals surface area contributed by atoms with E-state index in [1.54, 1.807) is 18.2 Å². The van der Waals surface area contributed by atoms with Crippen LogP contribution in [0.1, 0.15) is 16.1 Å². The van der Waals surface area contributed by atoms with Gasteiger partial charge in [0.05, 0.1) is 15.6 Å². The number of aromatic nitrogens is 2. The molecule has 0 spiro atoms. The predicted molar refractivity (Wildman–Crippen MR) is 98.0 cm³/mol. The molecule has 0 bridgehead atoms. The van der Waals surface area contributed by atoms with E-state index >= 15 is 0 Å². The molecule has 2 aromatic carbocycles. The molecule has 0 aliphatic heterocycles. The second kappa shape index (κ2) is 7.44. The van der Waals surface area contributed by atoms with E-state index in [4.69, 9.17) is 23.2 Å². The average molecular weight is 432 g/mol. The van der Waals surface area contributed by atoms with Gasteiger partial charge in [-0.2, -0.15) is 18.3 Å². The number of alkyl halides is 3. The van der Waals surface area contributed by atoms with E-state index in [2.05, 4.69) is 10.4 Å². The molecule has 1 amide bonds. The van der Waals surface area contributed by atoms with E-state index in [1.165, 1.54) is 19.2 Å². The minimum atomic E-state index is -4.79. The number of amides is 1. The number of halogens is 6. The largest absolute Gasteiger partial charge is 0.435 e. The van der Waals surface area contributed by atoms with Gasteiger partial charge in [-0.05, 0) is 23.8 Å². The normalized spacial score (nSPS) is 11.5. The molecule has 4 nitrogen and oxygen atoms in total. The number of nitrogens with one attached hydrogen (secondary N) is 1. The first kappa shape index (κ1) is 20.2. The Bertz CT molecular complexity index is 1040. The summed E-state index contributed by atoms with van der Waals surface area (Å²) in [4.78, 5) is 12.5. The molecule has 1 heterocycles. The highest BCUT2D eigenvalue weighted by molar-refractivity contribution is 6.42. The van der Waals surface area contributed by atoms with Crippen molar-refractivity contribution >= 4 is 34.8 Å². The molecule has 3 aromatic rings. The Morgan fingerprint density at radius 1 is 1.18 bits per heavy atom. The van der Waals surface area contributed by atoms with Crippen LogP contribution in [0.15, 0.2) is 42.6 Å². The topological polar surface area (TPSA) is 46.9 Å². The van der Waals surface area contributed by atoms with Crippen LogP contribution in [0.3, 0.4) is 0 Å². The zero-order valence-electron chi connectivity index (χ0n) is 14.1. The van der Waals surface area contributed by atoms with Crippen LogP contribution in [0.25, 0.3) is 11.1 Å². The van der Waals surface area contributed by atoms with Crippen LogP contribution in [0.2, 0.25) is 10.0 Å². The zero-order valence-corrected chi connectivity index (χ0v) is 15.6. The summed E-state index contributed by atoms with van der Waals surface area (Å²) in [6, 6.07) is 8.73. The second-order valence-electron chi connectivity index (χ2n) is 5.82. The molecule has 0 aliphatic carbocycles. The number of hydrogen-bond acceptors (Lipinski definition) is 2. The van der Waals surface area contributed by atoms with Crippen LogP contribution in [0.5, 0.6) is 0 Å². The van der Waals surface area contributed by atoms with E-state index in [9.17, 15) is 22.4 Å². The maximum atomic E-state index is 13.9. The number of aryl methyl sites for hydroxylation is 1. The summed E-state index contributed by atoms with van der Waals surface area (Å²) >= 11 is 11.6. The van der Waals surface area contributed by atoms with Crippen molar-refractivity contribution in [2.45, 2.75) is 6.18 Å². The first-order chi connectivity index (χ1) is 13.1. The third-order valence-electron chi connectivity index (χ3n) is 3.81. The van der Waals surface area contributed by atoms with Gasteiger partial charge in [0.2, 0.25) is 0 Å². The number of hydrogen-bond donors (Lipinski definition) is 1. The molecular weight excluding hydrogens is 421 g/mol. The summed E-state index contributed by atoms with van der Waals surface area (Å²) in [5.74, 6) is -1.77. The fourth-order valence-corrected chi connectivity index (χ4v) is 2.93. The van der Waals surface area contributed by atoms with Crippen molar-refractivity contribution in [2.75, 3.05) is 5.32 Å². The Morgan fingerprint density at radius 2 is 1.86 bits per heavy atom. The van der Waals surface area contributed by atoms with Crippen molar-refractivity contribution in [1.82, 2.24) is 9.78 Å². The molecule has 0 atom stereocenters.